The smallest absolute Gasteiger partial charge is 0.322 e. The monoisotopic (exact) mass is 330 g/mol. The maximum absolute atomic E-state index is 12.5. The Bertz CT molecular complexity index is 697. The van der Waals surface area contributed by atoms with Crippen LogP contribution in [0.2, 0.25) is 0 Å². The van der Waals surface area contributed by atoms with Gasteiger partial charge in [-0.3, -0.25) is 20.0 Å². The number of nitrogens with zero attached hydrogens (tertiary/aromatic N) is 2. The Morgan fingerprint density at radius 2 is 2.04 bits per heavy atom. The summed E-state index contributed by atoms with van der Waals surface area (Å²) in [4.78, 5) is 23.1. The van der Waals surface area contributed by atoms with E-state index >= 15 is 0 Å². The SMILES string of the molecule is CCCCCC(NC(=O)c1n[nH]c(C)c1[N+](=O)[O-])c1ccccc1. The summed E-state index contributed by atoms with van der Waals surface area (Å²) in [5.41, 5.74) is 0.811. The number of rotatable bonds is 8. The molecule has 2 aromatic rings. The molecule has 0 fully saturated rings. The topological polar surface area (TPSA) is 101 Å². The first kappa shape index (κ1) is 17.7. The fourth-order valence-electron chi connectivity index (χ4n) is 2.64. The van der Waals surface area contributed by atoms with E-state index in [4.69, 9.17) is 0 Å². The Labute approximate surface area is 140 Å². The van der Waals surface area contributed by atoms with E-state index in [0.29, 0.717) is 0 Å². The maximum atomic E-state index is 12.5. The number of hydrogen-bond acceptors (Lipinski definition) is 4. The third-order valence-electron chi connectivity index (χ3n) is 3.92. The minimum Gasteiger partial charge on any atom is -0.344 e. The summed E-state index contributed by atoms with van der Waals surface area (Å²) >= 11 is 0. The van der Waals surface area contributed by atoms with Gasteiger partial charge >= 0.3 is 5.69 Å². The molecule has 0 spiro atoms. The van der Waals surface area contributed by atoms with Gasteiger partial charge in [0, 0.05) is 0 Å². The van der Waals surface area contributed by atoms with Crippen molar-refractivity contribution in [3.63, 3.8) is 0 Å². The van der Waals surface area contributed by atoms with Crippen molar-refractivity contribution in [3.05, 3.63) is 57.4 Å². The molecule has 2 N–H and O–H groups in total. The van der Waals surface area contributed by atoms with Crippen molar-refractivity contribution in [3.8, 4) is 0 Å². The van der Waals surface area contributed by atoms with Crippen LogP contribution in [0, 0.1) is 17.0 Å². The molecule has 1 aromatic heterocycles. The molecule has 0 aliphatic heterocycles. The average Bonchev–Trinajstić information content (AvgIpc) is 2.97. The summed E-state index contributed by atoms with van der Waals surface area (Å²) in [6.07, 6.45) is 3.90. The van der Waals surface area contributed by atoms with E-state index in [1.165, 1.54) is 6.92 Å². The largest absolute Gasteiger partial charge is 0.344 e. The van der Waals surface area contributed by atoms with E-state index in [1.807, 2.05) is 30.3 Å². The number of H-pyrrole nitrogens is 1. The second-order valence-electron chi connectivity index (χ2n) is 5.74. The molecule has 1 aromatic carbocycles. The van der Waals surface area contributed by atoms with Gasteiger partial charge in [0.05, 0.1) is 11.0 Å². The van der Waals surface area contributed by atoms with Gasteiger partial charge in [0.15, 0.2) is 0 Å². The molecule has 24 heavy (non-hydrogen) atoms. The molecule has 1 unspecified atom stereocenters. The Balaban J connectivity index is 2.19. The Morgan fingerprint density at radius 1 is 1.33 bits per heavy atom. The molecule has 7 heteroatoms. The summed E-state index contributed by atoms with van der Waals surface area (Å²) in [5.74, 6) is -0.531. The Morgan fingerprint density at radius 3 is 2.67 bits per heavy atom. The van der Waals surface area contributed by atoms with Crippen LogP contribution in [0.25, 0.3) is 0 Å². The van der Waals surface area contributed by atoms with Crippen molar-refractivity contribution in [2.45, 2.75) is 45.6 Å². The number of nitro groups is 1. The predicted molar refractivity (Wildman–Crippen MR) is 90.8 cm³/mol. The van der Waals surface area contributed by atoms with Gasteiger partial charge in [-0.2, -0.15) is 5.10 Å². The second kappa shape index (κ2) is 8.24. The summed E-state index contributed by atoms with van der Waals surface area (Å²) in [5, 5.41) is 20.3. The Kier molecular flexibility index (Phi) is 6.06. The normalized spacial score (nSPS) is 11.9. The number of nitrogens with one attached hydrogen (secondary N) is 2. The zero-order chi connectivity index (χ0) is 17.5. The van der Waals surface area contributed by atoms with E-state index in [-0.39, 0.29) is 23.1 Å². The van der Waals surface area contributed by atoms with Crippen LogP contribution in [0.1, 0.15) is 60.4 Å². The molecule has 0 aliphatic carbocycles. The van der Waals surface area contributed by atoms with Gasteiger partial charge in [-0.1, -0.05) is 56.5 Å². The molecule has 0 saturated carbocycles. The maximum Gasteiger partial charge on any atom is 0.322 e. The lowest BCUT2D eigenvalue weighted by Gasteiger charge is -2.18. The lowest BCUT2D eigenvalue weighted by Crippen LogP contribution is -2.29. The highest BCUT2D eigenvalue weighted by Gasteiger charge is 2.28. The summed E-state index contributed by atoms with van der Waals surface area (Å²) < 4.78 is 0. The number of unbranched alkanes of at least 4 members (excludes halogenated alkanes) is 2. The molecule has 1 heterocycles. The first-order valence-electron chi connectivity index (χ1n) is 8.09. The van der Waals surface area contributed by atoms with Crippen LogP contribution in [-0.4, -0.2) is 21.0 Å². The third-order valence-corrected chi connectivity index (χ3v) is 3.92. The van der Waals surface area contributed by atoms with Gasteiger partial charge in [-0.25, -0.2) is 0 Å². The fraction of sp³-hybridized carbons (Fsp3) is 0.412. The van der Waals surface area contributed by atoms with Crippen LogP contribution in [-0.2, 0) is 0 Å². The van der Waals surface area contributed by atoms with E-state index in [1.54, 1.807) is 0 Å². The number of benzene rings is 1. The van der Waals surface area contributed by atoms with Crippen molar-refractivity contribution in [1.82, 2.24) is 15.5 Å². The highest BCUT2D eigenvalue weighted by Crippen LogP contribution is 2.23. The van der Waals surface area contributed by atoms with Crippen molar-refractivity contribution < 1.29 is 9.72 Å². The minimum atomic E-state index is -0.581. The van der Waals surface area contributed by atoms with Crippen LogP contribution in [0.15, 0.2) is 30.3 Å². The van der Waals surface area contributed by atoms with E-state index in [0.717, 1.165) is 31.2 Å². The van der Waals surface area contributed by atoms with Crippen LogP contribution in [0.5, 0.6) is 0 Å². The number of aryl methyl sites for hydroxylation is 1. The average molecular weight is 330 g/mol. The molecule has 0 radical (unpaired) electrons. The molecular formula is C17H22N4O3. The molecule has 2 rings (SSSR count). The van der Waals surface area contributed by atoms with Gasteiger partial charge in [-0.05, 0) is 18.9 Å². The fourth-order valence-corrected chi connectivity index (χ4v) is 2.64. The molecule has 0 aliphatic rings. The molecule has 0 saturated heterocycles. The van der Waals surface area contributed by atoms with Crippen LogP contribution < -0.4 is 5.32 Å². The van der Waals surface area contributed by atoms with Crippen LogP contribution in [0.4, 0.5) is 5.69 Å². The zero-order valence-electron chi connectivity index (χ0n) is 13.9. The highest BCUT2D eigenvalue weighted by molar-refractivity contribution is 5.96. The first-order valence-corrected chi connectivity index (χ1v) is 8.09. The molecular weight excluding hydrogens is 308 g/mol. The Hall–Kier alpha value is -2.70. The van der Waals surface area contributed by atoms with E-state index in [2.05, 4.69) is 22.4 Å². The minimum absolute atomic E-state index is 0.172. The summed E-state index contributed by atoms with van der Waals surface area (Å²) in [6, 6.07) is 9.44. The zero-order valence-corrected chi connectivity index (χ0v) is 13.9. The van der Waals surface area contributed by atoms with Gasteiger partial charge in [0.2, 0.25) is 5.69 Å². The molecule has 128 valence electrons. The van der Waals surface area contributed by atoms with Gasteiger partial charge in [-0.15, -0.1) is 0 Å². The van der Waals surface area contributed by atoms with E-state index < -0.39 is 10.8 Å². The highest BCUT2D eigenvalue weighted by atomic mass is 16.6. The second-order valence-corrected chi connectivity index (χ2v) is 5.74. The lowest BCUT2D eigenvalue weighted by molar-refractivity contribution is -0.385. The van der Waals surface area contributed by atoms with Crippen molar-refractivity contribution in [1.29, 1.82) is 0 Å². The van der Waals surface area contributed by atoms with Gasteiger partial charge in [0.1, 0.15) is 5.69 Å². The summed E-state index contributed by atoms with van der Waals surface area (Å²) in [6.45, 7) is 3.64. The number of aromatic nitrogens is 2. The van der Waals surface area contributed by atoms with Crippen molar-refractivity contribution in [2.24, 2.45) is 0 Å². The van der Waals surface area contributed by atoms with Gasteiger partial charge < -0.3 is 5.32 Å². The lowest BCUT2D eigenvalue weighted by atomic mass is 10.00. The quantitative estimate of drug-likeness (QED) is 0.438. The first-order chi connectivity index (χ1) is 11.5. The third kappa shape index (κ3) is 4.18. The number of amides is 1. The van der Waals surface area contributed by atoms with Crippen LogP contribution >= 0.6 is 0 Å². The molecule has 1 amide bonds. The molecule has 1 atom stereocenters. The predicted octanol–water partition coefficient (Wildman–Crippen LogP) is 3.68. The summed E-state index contributed by atoms with van der Waals surface area (Å²) in [7, 11) is 0. The van der Waals surface area contributed by atoms with Crippen molar-refractivity contribution in [2.75, 3.05) is 0 Å². The number of aromatic amines is 1. The standard InChI is InChI=1S/C17H22N4O3/c1-3-4-6-11-14(13-9-7-5-8-10-13)18-17(22)15-16(21(23)24)12(2)19-20-15/h5,7-10,14H,3-4,6,11H2,1-2H3,(H,18,22)(H,19,20). The van der Waals surface area contributed by atoms with Gasteiger partial charge in [0.25, 0.3) is 5.91 Å². The number of carbonyl (C=O) groups excluding carboxylic acids is 1. The molecule has 0 bridgehead atoms. The van der Waals surface area contributed by atoms with Crippen molar-refractivity contribution >= 4 is 11.6 Å². The number of carbonyl (C=O) groups is 1. The van der Waals surface area contributed by atoms with Crippen LogP contribution in [0.3, 0.4) is 0 Å². The molecule has 7 nitrogen and oxygen atoms in total. The number of hydrogen-bond donors (Lipinski definition) is 2. The van der Waals surface area contributed by atoms with E-state index in [9.17, 15) is 14.9 Å².